The van der Waals surface area contributed by atoms with Gasteiger partial charge in [-0.25, -0.2) is 0 Å². The SMILES string of the molecule is Cl.Cl.O=C(CC1COCCN1)NCc1cccc(NC(=O)CCN2CCOCC2)c1. The van der Waals surface area contributed by atoms with Gasteiger partial charge >= 0.3 is 0 Å². The summed E-state index contributed by atoms with van der Waals surface area (Å²) in [7, 11) is 0. The third kappa shape index (κ3) is 9.59. The van der Waals surface area contributed by atoms with Crippen LogP contribution in [0.1, 0.15) is 18.4 Å². The summed E-state index contributed by atoms with van der Waals surface area (Å²) in [5.74, 6) is -0.0148. The smallest absolute Gasteiger partial charge is 0.225 e. The van der Waals surface area contributed by atoms with Crippen molar-refractivity contribution in [1.29, 1.82) is 0 Å². The molecule has 3 N–H and O–H groups in total. The first-order valence-corrected chi connectivity index (χ1v) is 9.96. The molecule has 0 aromatic heterocycles. The van der Waals surface area contributed by atoms with Crippen molar-refractivity contribution >= 4 is 42.3 Å². The normalized spacial score (nSPS) is 19.1. The molecule has 0 radical (unpaired) electrons. The van der Waals surface area contributed by atoms with Crippen molar-refractivity contribution in [2.24, 2.45) is 0 Å². The Morgan fingerprint density at radius 2 is 1.90 bits per heavy atom. The van der Waals surface area contributed by atoms with Crippen LogP contribution in [0.5, 0.6) is 0 Å². The van der Waals surface area contributed by atoms with Crippen molar-refractivity contribution in [3.63, 3.8) is 0 Å². The molecule has 170 valence electrons. The number of rotatable bonds is 8. The molecular formula is C20H32Cl2N4O4. The first-order chi connectivity index (χ1) is 13.7. The van der Waals surface area contributed by atoms with E-state index in [0.717, 1.165) is 50.6 Å². The molecule has 0 spiro atoms. The molecule has 1 atom stereocenters. The summed E-state index contributed by atoms with van der Waals surface area (Å²) in [6.07, 6.45) is 0.857. The number of nitrogens with one attached hydrogen (secondary N) is 3. The number of hydrogen-bond acceptors (Lipinski definition) is 6. The minimum absolute atomic E-state index is 0. The van der Waals surface area contributed by atoms with E-state index >= 15 is 0 Å². The Morgan fingerprint density at radius 3 is 2.63 bits per heavy atom. The molecule has 2 aliphatic rings. The van der Waals surface area contributed by atoms with Gasteiger partial charge in [-0.3, -0.25) is 14.5 Å². The number of halogens is 2. The minimum Gasteiger partial charge on any atom is -0.379 e. The van der Waals surface area contributed by atoms with Crippen molar-refractivity contribution in [3.8, 4) is 0 Å². The molecule has 8 nitrogen and oxygen atoms in total. The summed E-state index contributed by atoms with van der Waals surface area (Å²) in [5, 5.41) is 9.14. The molecule has 10 heteroatoms. The quantitative estimate of drug-likeness (QED) is 0.537. The van der Waals surface area contributed by atoms with E-state index in [1.807, 2.05) is 24.3 Å². The second-order valence-corrected chi connectivity index (χ2v) is 7.16. The van der Waals surface area contributed by atoms with E-state index in [2.05, 4.69) is 20.9 Å². The van der Waals surface area contributed by atoms with Crippen LogP contribution in [0.4, 0.5) is 5.69 Å². The van der Waals surface area contributed by atoms with E-state index in [0.29, 0.717) is 32.6 Å². The Hall–Kier alpha value is -1.42. The van der Waals surface area contributed by atoms with E-state index in [-0.39, 0.29) is 42.7 Å². The monoisotopic (exact) mass is 462 g/mol. The lowest BCUT2D eigenvalue weighted by molar-refractivity contribution is -0.122. The lowest BCUT2D eigenvalue weighted by Crippen LogP contribution is -2.44. The standard InChI is InChI=1S/C20H30N4O4.2ClH/c25-19(4-6-24-7-10-27-11-8-24)23-17-3-1-2-16(12-17)14-22-20(26)13-18-15-28-9-5-21-18;;/h1-3,12,18,21H,4-11,13-15H2,(H,22,26)(H,23,25);2*1H. The molecule has 0 aliphatic carbocycles. The number of anilines is 1. The zero-order chi connectivity index (χ0) is 19.6. The largest absolute Gasteiger partial charge is 0.379 e. The molecule has 3 rings (SSSR count). The highest BCUT2D eigenvalue weighted by Crippen LogP contribution is 2.11. The Kier molecular flexibility index (Phi) is 12.9. The molecule has 1 aromatic rings. The lowest BCUT2D eigenvalue weighted by atomic mass is 10.1. The molecule has 2 amide bonds. The van der Waals surface area contributed by atoms with Gasteiger partial charge < -0.3 is 25.4 Å². The molecule has 1 aromatic carbocycles. The van der Waals surface area contributed by atoms with Crippen LogP contribution in [0.3, 0.4) is 0 Å². The van der Waals surface area contributed by atoms with Crippen LogP contribution in [-0.4, -0.2) is 75.4 Å². The Bertz CT molecular complexity index is 653. The highest BCUT2D eigenvalue weighted by Gasteiger charge is 2.16. The average Bonchev–Trinajstić information content (AvgIpc) is 2.73. The molecule has 1 unspecified atom stereocenters. The molecular weight excluding hydrogens is 431 g/mol. The minimum atomic E-state index is -0.0112. The van der Waals surface area contributed by atoms with Gasteiger partial charge in [0, 0.05) is 57.3 Å². The molecule has 2 aliphatic heterocycles. The maximum atomic E-state index is 12.2. The number of benzene rings is 1. The third-order valence-electron chi connectivity index (χ3n) is 4.89. The third-order valence-corrected chi connectivity index (χ3v) is 4.89. The summed E-state index contributed by atoms with van der Waals surface area (Å²) < 4.78 is 10.7. The Morgan fingerprint density at radius 1 is 1.10 bits per heavy atom. The summed E-state index contributed by atoms with van der Waals surface area (Å²) in [5.41, 5.74) is 1.70. The van der Waals surface area contributed by atoms with Crippen molar-refractivity contribution in [1.82, 2.24) is 15.5 Å². The maximum absolute atomic E-state index is 12.2. The number of nitrogens with zero attached hydrogens (tertiary/aromatic N) is 1. The van der Waals surface area contributed by atoms with Crippen LogP contribution in [0.15, 0.2) is 24.3 Å². The van der Waals surface area contributed by atoms with Crippen LogP contribution >= 0.6 is 24.8 Å². The van der Waals surface area contributed by atoms with Gasteiger partial charge in [0.15, 0.2) is 0 Å². The van der Waals surface area contributed by atoms with Crippen molar-refractivity contribution in [3.05, 3.63) is 29.8 Å². The number of carbonyl (C=O) groups is 2. The molecule has 2 saturated heterocycles. The molecule has 2 heterocycles. The van der Waals surface area contributed by atoms with Gasteiger partial charge in [-0.1, -0.05) is 12.1 Å². The molecule has 30 heavy (non-hydrogen) atoms. The fourth-order valence-electron chi connectivity index (χ4n) is 3.31. The second-order valence-electron chi connectivity index (χ2n) is 7.16. The van der Waals surface area contributed by atoms with Crippen LogP contribution in [0, 0.1) is 0 Å². The summed E-state index contributed by atoms with van der Waals surface area (Å²) in [4.78, 5) is 26.5. The second kappa shape index (κ2) is 14.6. The average molecular weight is 463 g/mol. The van der Waals surface area contributed by atoms with Gasteiger partial charge in [0.05, 0.1) is 26.4 Å². The summed E-state index contributed by atoms with van der Waals surface area (Å²) >= 11 is 0. The fourth-order valence-corrected chi connectivity index (χ4v) is 3.31. The highest BCUT2D eigenvalue weighted by atomic mass is 35.5. The van der Waals surface area contributed by atoms with Gasteiger partial charge in [0.25, 0.3) is 0 Å². The van der Waals surface area contributed by atoms with Crippen LogP contribution in [-0.2, 0) is 25.6 Å². The predicted molar refractivity (Wildman–Crippen MR) is 121 cm³/mol. The lowest BCUT2D eigenvalue weighted by Gasteiger charge is -2.26. The number of ether oxygens (including phenoxy) is 2. The van der Waals surface area contributed by atoms with Gasteiger partial charge in [-0.2, -0.15) is 0 Å². The topological polar surface area (TPSA) is 91.9 Å². The zero-order valence-electron chi connectivity index (χ0n) is 17.1. The van der Waals surface area contributed by atoms with Gasteiger partial charge in [-0.05, 0) is 17.7 Å². The number of carbonyl (C=O) groups excluding carboxylic acids is 2. The molecule has 0 bridgehead atoms. The Balaban J connectivity index is 0.00000225. The van der Waals surface area contributed by atoms with Gasteiger partial charge in [0.2, 0.25) is 11.8 Å². The van der Waals surface area contributed by atoms with Gasteiger partial charge in [-0.15, -0.1) is 24.8 Å². The van der Waals surface area contributed by atoms with E-state index < -0.39 is 0 Å². The maximum Gasteiger partial charge on any atom is 0.225 e. The predicted octanol–water partition coefficient (Wildman–Crippen LogP) is 1.19. The van der Waals surface area contributed by atoms with E-state index in [1.165, 1.54) is 0 Å². The van der Waals surface area contributed by atoms with Gasteiger partial charge in [0.1, 0.15) is 0 Å². The molecule has 2 fully saturated rings. The van der Waals surface area contributed by atoms with Crippen LogP contribution in [0.2, 0.25) is 0 Å². The van der Waals surface area contributed by atoms with Crippen molar-refractivity contribution in [2.75, 3.05) is 57.9 Å². The summed E-state index contributed by atoms with van der Waals surface area (Å²) in [6, 6.07) is 7.66. The zero-order valence-corrected chi connectivity index (χ0v) is 18.7. The van der Waals surface area contributed by atoms with E-state index in [1.54, 1.807) is 0 Å². The molecule has 0 saturated carbocycles. The highest BCUT2D eigenvalue weighted by molar-refractivity contribution is 5.90. The van der Waals surface area contributed by atoms with E-state index in [4.69, 9.17) is 9.47 Å². The number of amides is 2. The first kappa shape index (κ1) is 26.6. The van der Waals surface area contributed by atoms with Crippen molar-refractivity contribution < 1.29 is 19.1 Å². The van der Waals surface area contributed by atoms with Crippen molar-refractivity contribution in [2.45, 2.75) is 25.4 Å². The van der Waals surface area contributed by atoms with E-state index in [9.17, 15) is 9.59 Å². The van der Waals surface area contributed by atoms with Crippen LogP contribution in [0.25, 0.3) is 0 Å². The number of hydrogen-bond donors (Lipinski definition) is 3. The Labute approximate surface area is 190 Å². The number of morpholine rings is 2. The first-order valence-electron chi connectivity index (χ1n) is 9.96. The van der Waals surface area contributed by atoms with Crippen LogP contribution < -0.4 is 16.0 Å². The summed E-state index contributed by atoms with van der Waals surface area (Å²) in [6.45, 7) is 6.45. The fraction of sp³-hybridized carbons (Fsp3) is 0.600.